The number of aryl methyl sites for hydroxylation is 1. The van der Waals surface area contributed by atoms with Crippen LogP contribution in [0.3, 0.4) is 0 Å². The second-order valence-electron chi connectivity index (χ2n) is 11.5. The number of likely N-dealkylation sites (tertiary alicyclic amines) is 1. The van der Waals surface area contributed by atoms with Crippen molar-refractivity contribution in [3.8, 4) is 39.9 Å². The maximum Gasteiger partial charge on any atom is 0.178 e. The van der Waals surface area contributed by atoms with Gasteiger partial charge in [-0.15, -0.1) is 0 Å². The summed E-state index contributed by atoms with van der Waals surface area (Å²) < 4.78 is 27.5. The molecule has 4 aromatic rings. The number of benzene rings is 1. The van der Waals surface area contributed by atoms with Crippen LogP contribution >= 0.6 is 0 Å². The van der Waals surface area contributed by atoms with Gasteiger partial charge in [-0.25, -0.2) is 19.0 Å². The Morgan fingerprint density at radius 1 is 1.07 bits per heavy atom. The van der Waals surface area contributed by atoms with Crippen molar-refractivity contribution < 1.29 is 14.2 Å². The lowest BCUT2D eigenvalue weighted by molar-refractivity contribution is -0.0496. The van der Waals surface area contributed by atoms with E-state index >= 15 is 4.39 Å². The number of halogens is 1. The molecular formula is C29H37FN8O2. The smallest absolute Gasteiger partial charge is 0.178 e. The molecule has 0 saturated carbocycles. The van der Waals surface area contributed by atoms with Crippen molar-refractivity contribution in [1.82, 2.24) is 39.0 Å². The molecule has 0 amide bonds. The van der Waals surface area contributed by atoms with Crippen LogP contribution in [0.15, 0.2) is 30.6 Å². The van der Waals surface area contributed by atoms with Crippen molar-refractivity contribution in [3.63, 3.8) is 0 Å². The Kier molecular flexibility index (Phi) is 6.95. The van der Waals surface area contributed by atoms with Crippen LogP contribution in [0.4, 0.5) is 4.39 Å². The summed E-state index contributed by atoms with van der Waals surface area (Å²) in [5.41, 5.74) is 2.59. The van der Waals surface area contributed by atoms with Gasteiger partial charge in [-0.2, -0.15) is 10.2 Å². The molecule has 11 heteroatoms. The van der Waals surface area contributed by atoms with Crippen LogP contribution in [-0.2, 0) is 6.54 Å². The number of aliphatic hydroxyl groups excluding tert-OH is 1. The van der Waals surface area contributed by atoms with Crippen molar-refractivity contribution in [3.05, 3.63) is 42.2 Å². The molecule has 1 N–H and O–H groups in total. The van der Waals surface area contributed by atoms with E-state index in [1.54, 1.807) is 6.20 Å². The first-order valence-electron chi connectivity index (χ1n) is 14.1. The highest BCUT2D eigenvalue weighted by Gasteiger charge is 2.30. The van der Waals surface area contributed by atoms with Crippen molar-refractivity contribution in [2.24, 2.45) is 5.92 Å². The standard InChI is InChI=1S/C29H37FN8O2/c1-17(2)29(39)36-10-6-7-20(15-36)38-25(8-9-31-38)21-13-22-26(14-23(21)30)40-12-11-35-16-24(33-27(22)35)28-32-19(5)34-37(28)18(3)4/h8-9,13-14,16-18,20,29,39H,6-7,10-12,15H2,1-5H3. The molecule has 5 heterocycles. The molecule has 0 aliphatic carbocycles. The van der Waals surface area contributed by atoms with Crippen molar-refractivity contribution in [1.29, 1.82) is 0 Å². The largest absolute Gasteiger partial charge is 0.491 e. The SMILES string of the molecule is Cc1nc(-c2cn3c(n2)-c2cc(-c4ccnn4C4CCCN(C(O)C(C)C)C4)c(F)cc2OCC3)n(C(C)C)n1. The molecular weight excluding hydrogens is 511 g/mol. The highest BCUT2D eigenvalue weighted by Crippen LogP contribution is 2.39. The zero-order chi connectivity index (χ0) is 28.1. The van der Waals surface area contributed by atoms with Gasteiger partial charge in [-0.05, 0) is 51.7 Å². The number of hydrogen-bond donors (Lipinski definition) is 1. The first-order chi connectivity index (χ1) is 19.2. The first-order valence-corrected chi connectivity index (χ1v) is 14.1. The molecule has 212 valence electrons. The average molecular weight is 549 g/mol. The molecule has 2 aliphatic rings. The fourth-order valence-corrected chi connectivity index (χ4v) is 5.84. The number of aromatic nitrogens is 7. The van der Waals surface area contributed by atoms with E-state index in [4.69, 9.17) is 9.72 Å². The summed E-state index contributed by atoms with van der Waals surface area (Å²) in [6.45, 7) is 12.5. The Balaban J connectivity index is 1.40. The molecule has 0 bridgehead atoms. The third-order valence-electron chi connectivity index (χ3n) is 7.82. The lowest BCUT2D eigenvalue weighted by Gasteiger charge is -2.37. The molecule has 1 aromatic carbocycles. The van der Waals surface area contributed by atoms with Crippen LogP contribution < -0.4 is 4.74 Å². The van der Waals surface area contributed by atoms with Crippen LogP contribution in [0.1, 0.15) is 58.4 Å². The van der Waals surface area contributed by atoms with E-state index < -0.39 is 6.23 Å². The zero-order valence-electron chi connectivity index (χ0n) is 23.7. The Morgan fingerprint density at radius 2 is 1.90 bits per heavy atom. The number of imidazole rings is 1. The van der Waals surface area contributed by atoms with E-state index in [-0.39, 0.29) is 23.8 Å². The van der Waals surface area contributed by atoms with Crippen molar-refractivity contribution >= 4 is 0 Å². The number of rotatable bonds is 6. The van der Waals surface area contributed by atoms with Crippen LogP contribution in [0.2, 0.25) is 0 Å². The summed E-state index contributed by atoms with van der Waals surface area (Å²) in [6.07, 6.45) is 5.03. The Bertz CT molecular complexity index is 1520. The van der Waals surface area contributed by atoms with Gasteiger partial charge in [-0.3, -0.25) is 9.58 Å². The van der Waals surface area contributed by atoms with Gasteiger partial charge in [-0.1, -0.05) is 13.8 Å². The topological polar surface area (TPSA) is 99.0 Å². The summed E-state index contributed by atoms with van der Waals surface area (Å²) in [4.78, 5) is 11.7. The molecule has 0 spiro atoms. The Hall–Kier alpha value is -3.57. The summed E-state index contributed by atoms with van der Waals surface area (Å²) in [7, 11) is 0. The van der Waals surface area contributed by atoms with E-state index in [1.165, 1.54) is 6.07 Å². The average Bonchev–Trinajstić information content (AvgIpc) is 3.65. The molecule has 6 rings (SSSR count). The van der Waals surface area contributed by atoms with Gasteiger partial charge in [0.15, 0.2) is 5.82 Å². The monoisotopic (exact) mass is 548 g/mol. The third kappa shape index (κ3) is 4.71. The number of piperidine rings is 1. The second-order valence-corrected chi connectivity index (χ2v) is 11.5. The highest BCUT2D eigenvalue weighted by atomic mass is 19.1. The summed E-state index contributed by atoms with van der Waals surface area (Å²) in [6, 6.07) is 5.30. The van der Waals surface area contributed by atoms with Crippen molar-refractivity contribution in [2.75, 3.05) is 19.7 Å². The zero-order valence-corrected chi connectivity index (χ0v) is 23.7. The van der Waals surface area contributed by atoms with Crippen LogP contribution in [0.25, 0.3) is 34.2 Å². The first kappa shape index (κ1) is 26.6. The van der Waals surface area contributed by atoms with Crippen molar-refractivity contribution in [2.45, 2.75) is 72.3 Å². The number of aliphatic hydroxyl groups is 1. The lowest BCUT2D eigenvalue weighted by Crippen LogP contribution is -2.45. The van der Waals surface area contributed by atoms with E-state index in [0.29, 0.717) is 54.2 Å². The molecule has 1 saturated heterocycles. The lowest BCUT2D eigenvalue weighted by atomic mass is 10.0. The number of nitrogens with zero attached hydrogens (tertiary/aromatic N) is 8. The van der Waals surface area contributed by atoms with E-state index in [9.17, 15) is 5.11 Å². The maximum atomic E-state index is 15.7. The summed E-state index contributed by atoms with van der Waals surface area (Å²) in [5, 5.41) is 19.8. The molecule has 2 atom stereocenters. The highest BCUT2D eigenvalue weighted by molar-refractivity contribution is 5.75. The molecule has 40 heavy (non-hydrogen) atoms. The molecule has 2 unspecified atom stereocenters. The molecule has 1 fully saturated rings. The van der Waals surface area contributed by atoms with Gasteiger partial charge in [0.1, 0.15) is 41.7 Å². The minimum atomic E-state index is -0.512. The summed E-state index contributed by atoms with van der Waals surface area (Å²) >= 11 is 0. The van der Waals surface area contributed by atoms with E-state index in [0.717, 1.165) is 30.6 Å². The number of hydrogen-bond acceptors (Lipinski definition) is 7. The summed E-state index contributed by atoms with van der Waals surface area (Å²) in [5.74, 6) is 2.33. The molecule has 10 nitrogen and oxygen atoms in total. The minimum Gasteiger partial charge on any atom is -0.491 e. The normalized spacial score (nSPS) is 18.5. The fraction of sp³-hybridized carbons (Fsp3) is 0.517. The van der Waals surface area contributed by atoms with Crippen LogP contribution in [-0.4, -0.2) is 70.0 Å². The molecule has 0 radical (unpaired) electrons. The second kappa shape index (κ2) is 10.4. The third-order valence-corrected chi connectivity index (χ3v) is 7.82. The molecule has 2 aliphatic heterocycles. The fourth-order valence-electron chi connectivity index (χ4n) is 5.84. The van der Waals surface area contributed by atoms with Gasteiger partial charge in [0.25, 0.3) is 0 Å². The van der Waals surface area contributed by atoms with Gasteiger partial charge in [0, 0.05) is 43.2 Å². The van der Waals surface area contributed by atoms with E-state index in [2.05, 4.69) is 33.9 Å². The van der Waals surface area contributed by atoms with Crippen LogP contribution in [0, 0.1) is 18.7 Å². The maximum absolute atomic E-state index is 15.7. The number of fused-ring (bicyclic) bond motifs is 3. The Morgan fingerprint density at radius 3 is 2.67 bits per heavy atom. The Labute approximate surface area is 233 Å². The van der Waals surface area contributed by atoms with Gasteiger partial charge in [0.2, 0.25) is 0 Å². The molecule has 3 aromatic heterocycles. The van der Waals surface area contributed by atoms with E-state index in [1.807, 2.05) is 53.0 Å². The van der Waals surface area contributed by atoms with Gasteiger partial charge >= 0.3 is 0 Å². The van der Waals surface area contributed by atoms with Gasteiger partial charge < -0.3 is 14.4 Å². The van der Waals surface area contributed by atoms with Crippen LogP contribution in [0.5, 0.6) is 5.75 Å². The van der Waals surface area contributed by atoms with Gasteiger partial charge in [0.05, 0.1) is 23.8 Å². The predicted octanol–water partition coefficient (Wildman–Crippen LogP) is 4.70. The quantitative estimate of drug-likeness (QED) is 0.373. The predicted molar refractivity (Wildman–Crippen MR) is 149 cm³/mol. The minimum absolute atomic E-state index is 0.0285. The number of ether oxygens (including phenoxy) is 1.